The van der Waals surface area contributed by atoms with Crippen LogP contribution in [0.4, 0.5) is 5.69 Å². The van der Waals surface area contributed by atoms with E-state index in [1.54, 1.807) is 6.20 Å². The highest BCUT2D eigenvalue weighted by atomic mass is 16.5. The zero-order valence-electron chi connectivity index (χ0n) is 10.1. The maximum Gasteiger partial charge on any atom is 0.130 e. The molecule has 0 spiro atoms. The Balaban J connectivity index is 2.09. The summed E-state index contributed by atoms with van der Waals surface area (Å²) in [6, 6.07) is 9.64. The van der Waals surface area contributed by atoms with Crippen LogP contribution in [0.25, 0.3) is 0 Å². The molecule has 0 unspecified atom stereocenters. The summed E-state index contributed by atoms with van der Waals surface area (Å²) in [6.45, 7) is 4.50. The Labute approximate surface area is 101 Å². The lowest BCUT2D eigenvalue weighted by Gasteiger charge is -2.09. The van der Waals surface area contributed by atoms with Gasteiger partial charge in [-0.25, -0.2) is 0 Å². The summed E-state index contributed by atoms with van der Waals surface area (Å²) in [5.74, 6) is 0.813. The normalized spacial score (nSPS) is 10.2. The molecular formula is C14H16N2O. The van der Waals surface area contributed by atoms with E-state index in [1.165, 1.54) is 5.56 Å². The fourth-order valence-corrected chi connectivity index (χ4v) is 1.60. The molecule has 1 heterocycles. The van der Waals surface area contributed by atoms with Crippen LogP contribution >= 0.6 is 0 Å². The van der Waals surface area contributed by atoms with E-state index in [1.807, 2.05) is 44.2 Å². The van der Waals surface area contributed by atoms with Gasteiger partial charge in [0.25, 0.3) is 0 Å². The van der Waals surface area contributed by atoms with E-state index < -0.39 is 0 Å². The predicted molar refractivity (Wildman–Crippen MR) is 68.9 cm³/mol. The van der Waals surface area contributed by atoms with E-state index in [4.69, 9.17) is 10.5 Å². The van der Waals surface area contributed by atoms with Crippen molar-refractivity contribution in [3.8, 4) is 5.75 Å². The van der Waals surface area contributed by atoms with Gasteiger partial charge >= 0.3 is 0 Å². The zero-order chi connectivity index (χ0) is 12.3. The fourth-order valence-electron chi connectivity index (χ4n) is 1.60. The van der Waals surface area contributed by atoms with Gasteiger partial charge in [0.2, 0.25) is 0 Å². The van der Waals surface area contributed by atoms with Crippen molar-refractivity contribution in [2.24, 2.45) is 0 Å². The van der Waals surface area contributed by atoms with Crippen molar-refractivity contribution in [3.63, 3.8) is 0 Å². The number of anilines is 1. The number of hydrogen-bond donors (Lipinski definition) is 1. The Hall–Kier alpha value is -2.03. The first kappa shape index (κ1) is 11.5. The van der Waals surface area contributed by atoms with Crippen molar-refractivity contribution in [2.45, 2.75) is 20.5 Å². The number of nitrogens with zero attached hydrogens (tertiary/aromatic N) is 1. The van der Waals surface area contributed by atoms with Crippen LogP contribution < -0.4 is 10.5 Å². The number of benzene rings is 1. The molecule has 0 fully saturated rings. The minimum Gasteiger partial charge on any atom is -0.487 e. The quantitative estimate of drug-likeness (QED) is 0.822. The molecule has 0 atom stereocenters. The SMILES string of the molecule is Cc1ccnc(COc2cc(N)ccc2C)c1. The number of rotatable bonds is 3. The predicted octanol–water partition coefficient (Wildman–Crippen LogP) is 2.86. The van der Waals surface area contributed by atoms with Crippen molar-refractivity contribution in [1.29, 1.82) is 0 Å². The molecule has 2 aromatic rings. The average molecular weight is 228 g/mol. The van der Waals surface area contributed by atoms with Crippen LogP contribution in [0.1, 0.15) is 16.8 Å². The van der Waals surface area contributed by atoms with Crippen LogP contribution in [0.2, 0.25) is 0 Å². The molecule has 88 valence electrons. The largest absolute Gasteiger partial charge is 0.487 e. The maximum atomic E-state index is 5.72. The maximum absolute atomic E-state index is 5.72. The molecule has 0 saturated carbocycles. The highest BCUT2D eigenvalue weighted by molar-refractivity contribution is 5.47. The second-order valence-electron chi connectivity index (χ2n) is 4.14. The molecule has 1 aromatic heterocycles. The average Bonchev–Trinajstić information content (AvgIpc) is 2.30. The van der Waals surface area contributed by atoms with Crippen molar-refractivity contribution in [3.05, 3.63) is 53.3 Å². The van der Waals surface area contributed by atoms with Gasteiger partial charge in [0.05, 0.1) is 5.69 Å². The topological polar surface area (TPSA) is 48.1 Å². The Morgan fingerprint density at radius 3 is 2.76 bits per heavy atom. The van der Waals surface area contributed by atoms with Crippen molar-refractivity contribution in [2.75, 3.05) is 5.73 Å². The number of pyridine rings is 1. The van der Waals surface area contributed by atoms with Gasteiger partial charge in [-0.3, -0.25) is 4.98 Å². The van der Waals surface area contributed by atoms with Crippen LogP contribution in [0, 0.1) is 13.8 Å². The third kappa shape index (κ3) is 2.97. The highest BCUT2D eigenvalue weighted by Gasteiger charge is 2.01. The van der Waals surface area contributed by atoms with E-state index in [-0.39, 0.29) is 0 Å². The van der Waals surface area contributed by atoms with E-state index in [2.05, 4.69) is 4.98 Å². The highest BCUT2D eigenvalue weighted by Crippen LogP contribution is 2.21. The molecule has 0 aliphatic heterocycles. The zero-order valence-corrected chi connectivity index (χ0v) is 10.1. The minimum atomic E-state index is 0.464. The van der Waals surface area contributed by atoms with E-state index in [0.29, 0.717) is 12.3 Å². The van der Waals surface area contributed by atoms with E-state index >= 15 is 0 Å². The van der Waals surface area contributed by atoms with Gasteiger partial charge < -0.3 is 10.5 Å². The molecule has 0 aliphatic rings. The number of aromatic nitrogens is 1. The monoisotopic (exact) mass is 228 g/mol. The summed E-state index contributed by atoms with van der Waals surface area (Å²) in [5, 5.41) is 0. The third-order valence-electron chi connectivity index (χ3n) is 2.56. The Morgan fingerprint density at radius 2 is 2.00 bits per heavy atom. The second kappa shape index (κ2) is 4.87. The molecule has 0 amide bonds. The molecule has 0 bridgehead atoms. The summed E-state index contributed by atoms with van der Waals surface area (Å²) < 4.78 is 5.72. The van der Waals surface area contributed by atoms with Gasteiger partial charge in [0.15, 0.2) is 0 Å². The van der Waals surface area contributed by atoms with Gasteiger partial charge in [-0.15, -0.1) is 0 Å². The number of ether oxygens (including phenoxy) is 1. The van der Waals surface area contributed by atoms with Crippen molar-refractivity contribution < 1.29 is 4.74 Å². The molecule has 3 nitrogen and oxygen atoms in total. The van der Waals surface area contributed by atoms with Crippen LogP contribution in [0.5, 0.6) is 5.75 Å². The van der Waals surface area contributed by atoms with Gasteiger partial charge in [-0.1, -0.05) is 6.07 Å². The molecule has 0 aliphatic carbocycles. The van der Waals surface area contributed by atoms with Gasteiger partial charge in [-0.2, -0.15) is 0 Å². The van der Waals surface area contributed by atoms with Crippen LogP contribution in [-0.2, 0) is 6.61 Å². The first-order valence-electron chi connectivity index (χ1n) is 5.55. The molecule has 0 saturated heterocycles. The fraction of sp³-hybridized carbons (Fsp3) is 0.214. The summed E-state index contributed by atoms with van der Waals surface area (Å²) in [7, 11) is 0. The lowest BCUT2D eigenvalue weighted by Crippen LogP contribution is -2.00. The molecule has 17 heavy (non-hydrogen) atoms. The second-order valence-corrected chi connectivity index (χ2v) is 4.14. The molecule has 0 radical (unpaired) electrons. The lowest BCUT2D eigenvalue weighted by atomic mass is 10.2. The van der Waals surface area contributed by atoms with Gasteiger partial charge in [-0.05, 0) is 43.2 Å². The van der Waals surface area contributed by atoms with E-state index in [9.17, 15) is 0 Å². The molecule has 3 heteroatoms. The minimum absolute atomic E-state index is 0.464. The molecule has 1 aromatic carbocycles. The van der Waals surface area contributed by atoms with E-state index in [0.717, 1.165) is 17.0 Å². The van der Waals surface area contributed by atoms with Crippen molar-refractivity contribution >= 4 is 5.69 Å². The lowest BCUT2D eigenvalue weighted by molar-refractivity contribution is 0.299. The summed E-state index contributed by atoms with van der Waals surface area (Å²) in [5.41, 5.74) is 9.62. The van der Waals surface area contributed by atoms with Gasteiger partial charge in [0, 0.05) is 18.0 Å². The molecule has 2 N–H and O–H groups in total. The number of hydrogen-bond acceptors (Lipinski definition) is 3. The van der Waals surface area contributed by atoms with Gasteiger partial charge in [0.1, 0.15) is 12.4 Å². The standard InChI is InChI=1S/C14H16N2O/c1-10-5-6-16-13(7-10)9-17-14-8-12(15)4-3-11(14)2/h3-8H,9,15H2,1-2H3. The van der Waals surface area contributed by atoms with Crippen LogP contribution in [0.15, 0.2) is 36.5 Å². The Kier molecular flexibility index (Phi) is 3.28. The Morgan fingerprint density at radius 1 is 1.18 bits per heavy atom. The Bertz CT molecular complexity index is 523. The summed E-state index contributed by atoms with van der Waals surface area (Å²) >= 11 is 0. The van der Waals surface area contributed by atoms with Crippen molar-refractivity contribution in [1.82, 2.24) is 4.98 Å². The van der Waals surface area contributed by atoms with Crippen LogP contribution in [0.3, 0.4) is 0 Å². The first-order valence-corrected chi connectivity index (χ1v) is 5.55. The number of nitrogens with two attached hydrogens (primary N) is 1. The smallest absolute Gasteiger partial charge is 0.130 e. The molecular weight excluding hydrogens is 212 g/mol. The van der Waals surface area contributed by atoms with Crippen LogP contribution in [-0.4, -0.2) is 4.98 Å². The summed E-state index contributed by atoms with van der Waals surface area (Å²) in [6.07, 6.45) is 1.79. The molecule has 2 rings (SSSR count). The third-order valence-corrected chi connectivity index (χ3v) is 2.56. The first-order chi connectivity index (χ1) is 8.15. The number of aryl methyl sites for hydroxylation is 2. The number of nitrogen functional groups attached to an aromatic ring is 1. The summed E-state index contributed by atoms with van der Waals surface area (Å²) in [4.78, 5) is 4.25.